The molecular weight excluding hydrogens is 328 g/mol. The molecule has 0 aliphatic rings. The van der Waals surface area contributed by atoms with E-state index in [0.29, 0.717) is 51.6 Å². The molecule has 8 nitrogen and oxygen atoms in total. The van der Waals surface area contributed by atoms with Crippen LogP contribution in [0.4, 0.5) is 0 Å². The maximum atomic E-state index is 9.26. The third-order valence-corrected chi connectivity index (χ3v) is 4.90. The fourth-order valence-electron chi connectivity index (χ4n) is 3.36. The molecule has 0 bridgehead atoms. The van der Waals surface area contributed by atoms with Crippen LogP contribution in [-0.2, 0) is 0 Å². The van der Waals surface area contributed by atoms with Crippen molar-refractivity contribution in [2.75, 3.05) is 52.7 Å². The van der Waals surface area contributed by atoms with E-state index in [1.807, 2.05) is 0 Å². The van der Waals surface area contributed by atoms with Gasteiger partial charge in [-0.2, -0.15) is 0 Å². The maximum Gasteiger partial charge on any atom is 0.0448 e. The normalized spacial score (nSPS) is 12.7. The third kappa shape index (κ3) is 9.81. The van der Waals surface area contributed by atoms with Crippen LogP contribution in [0.1, 0.15) is 44.9 Å². The lowest BCUT2D eigenvalue weighted by molar-refractivity contribution is 0.126. The molecule has 0 heterocycles. The molecule has 0 aromatic heterocycles. The predicted molar refractivity (Wildman–Crippen MR) is 96.3 cm³/mol. The van der Waals surface area contributed by atoms with Crippen molar-refractivity contribution < 1.29 is 30.6 Å². The molecule has 0 aliphatic carbocycles. The smallest absolute Gasteiger partial charge is 0.0448 e. The minimum atomic E-state index is -0.476. The number of aliphatic hydroxyl groups is 6. The molecule has 0 unspecified atom stereocenters. The molecule has 0 atom stereocenters. The van der Waals surface area contributed by atoms with Gasteiger partial charge in [-0.05, 0) is 58.0 Å². The van der Waals surface area contributed by atoms with Gasteiger partial charge in [-0.1, -0.05) is 0 Å². The van der Waals surface area contributed by atoms with Gasteiger partial charge in [-0.15, -0.1) is 0 Å². The van der Waals surface area contributed by atoms with Crippen LogP contribution in [0, 0.1) is 0 Å². The predicted octanol–water partition coefficient (Wildman–Crippen LogP) is -1.67. The zero-order valence-corrected chi connectivity index (χ0v) is 15.3. The van der Waals surface area contributed by atoms with Crippen molar-refractivity contribution in [2.45, 2.75) is 56.0 Å². The Hall–Kier alpha value is -0.320. The monoisotopic (exact) mass is 366 g/mol. The van der Waals surface area contributed by atoms with Gasteiger partial charge in [0.05, 0.1) is 0 Å². The molecule has 0 radical (unpaired) electrons. The Morgan fingerprint density at radius 2 is 0.680 bits per heavy atom. The third-order valence-electron chi connectivity index (χ3n) is 4.90. The van der Waals surface area contributed by atoms with Crippen LogP contribution in [0.15, 0.2) is 0 Å². The van der Waals surface area contributed by atoms with Crippen LogP contribution in [-0.4, -0.2) is 94.4 Å². The van der Waals surface area contributed by atoms with E-state index < -0.39 is 11.1 Å². The van der Waals surface area contributed by atoms with Gasteiger partial charge in [0.1, 0.15) is 0 Å². The second-order valence-corrected chi connectivity index (χ2v) is 6.61. The summed E-state index contributed by atoms with van der Waals surface area (Å²) >= 11 is 0. The van der Waals surface area contributed by atoms with Crippen molar-refractivity contribution in [1.82, 2.24) is 10.6 Å². The van der Waals surface area contributed by atoms with Crippen LogP contribution in [0.2, 0.25) is 0 Å². The zero-order chi connectivity index (χ0) is 19.0. The molecule has 25 heavy (non-hydrogen) atoms. The number of hydrogen-bond donors (Lipinski definition) is 8. The van der Waals surface area contributed by atoms with Gasteiger partial charge < -0.3 is 41.3 Å². The van der Waals surface area contributed by atoms with E-state index >= 15 is 0 Å². The fourth-order valence-corrected chi connectivity index (χ4v) is 3.36. The number of rotatable bonds is 18. The van der Waals surface area contributed by atoms with Crippen molar-refractivity contribution in [2.24, 2.45) is 0 Å². The summed E-state index contributed by atoms with van der Waals surface area (Å²) in [5, 5.41) is 62.2. The molecule has 0 aliphatic heterocycles. The van der Waals surface area contributed by atoms with Gasteiger partial charge in [-0.3, -0.25) is 0 Å². The van der Waals surface area contributed by atoms with E-state index in [1.165, 1.54) is 0 Å². The summed E-state index contributed by atoms with van der Waals surface area (Å²) in [6.45, 7) is 1.18. The summed E-state index contributed by atoms with van der Waals surface area (Å²) in [7, 11) is 0. The Morgan fingerprint density at radius 1 is 0.440 bits per heavy atom. The lowest BCUT2D eigenvalue weighted by Crippen LogP contribution is -2.50. The number of aliphatic hydroxyl groups excluding tert-OH is 6. The van der Waals surface area contributed by atoms with E-state index in [1.54, 1.807) is 0 Å². The lowest BCUT2D eigenvalue weighted by atomic mass is 9.87. The first kappa shape index (κ1) is 24.7. The first-order chi connectivity index (χ1) is 12.1. The highest BCUT2D eigenvalue weighted by Gasteiger charge is 2.29. The summed E-state index contributed by atoms with van der Waals surface area (Å²) in [5.41, 5.74) is -0.951. The molecule has 0 fully saturated rings. The van der Waals surface area contributed by atoms with Crippen LogP contribution < -0.4 is 10.6 Å². The van der Waals surface area contributed by atoms with Crippen molar-refractivity contribution in [1.29, 1.82) is 0 Å². The molecule has 0 amide bonds. The quantitative estimate of drug-likeness (QED) is 0.134. The molecule has 0 aromatic carbocycles. The molecule has 0 saturated heterocycles. The van der Waals surface area contributed by atoms with Crippen LogP contribution in [0.3, 0.4) is 0 Å². The molecule has 152 valence electrons. The summed E-state index contributed by atoms with van der Waals surface area (Å²) in [4.78, 5) is 0. The van der Waals surface area contributed by atoms with E-state index in [0.717, 1.165) is 6.42 Å². The molecule has 0 aromatic rings. The largest absolute Gasteiger partial charge is 0.396 e. The standard InChI is InChI=1S/C17H38N2O6/c20-10-2-16(3-11-21,4-12-22)18-8-1-9-19-17(5-13-23,6-14-24)7-15-25/h18-25H,1-15H2. The Morgan fingerprint density at radius 3 is 0.880 bits per heavy atom. The van der Waals surface area contributed by atoms with Crippen LogP contribution in [0.5, 0.6) is 0 Å². The van der Waals surface area contributed by atoms with Gasteiger partial charge >= 0.3 is 0 Å². The summed E-state index contributed by atoms with van der Waals surface area (Å²) in [6.07, 6.45) is 3.54. The summed E-state index contributed by atoms with van der Waals surface area (Å²) < 4.78 is 0. The first-order valence-corrected chi connectivity index (χ1v) is 9.23. The van der Waals surface area contributed by atoms with Gasteiger partial charge in [0.15, 0.2) is 0 Å². The van der Waals surface area contributed by atoms with Crippen molar-refractivity contribution >= 4 is 0 Å². The molecule has 0 rings (SSSR count). The van der Waals surface area contributed by atoms with Gasteiger partial charge in [0, 0.05) is 50.7 Å². The highest BCUT2D eigenvalue weighted by atomic mass is 16.3. The molecule has 8 heteroatoms. The van der Waals surface area contributed by atoms with E-state index in [9.17, 15) is 30.6 Å². The maximum absolute atomic E-state index is 9.26. The van der Waals surface area contributed by atoms with Gasteiger partial charge in [0.25, 0.3) is 0 Å². The lowest BCUT2D eigenvalue weighted by Gasteiger charge is -2.35. The molecule has 0 spiro atoms. The summed E-state index contributed by atoms with van der Waals surface area (Å²) in [6, 6.07) is 0. The Balaban J connectivity index is 4.49. The minimum absolute atomic E-state index is 0.0160. The average Bonchev–Trinajstić information content (AvgIpc) is 2.56. The van der Waals surface area contributed by atoms with E-state index in [2.05, 4.69) is 10.6 Å². The fraction of sp³-hybridized carbons (Fsp3) is 1.00. The Kier molecular flexibility index (Phi) is 14.6. The zero-order valence-electron chi connectivity index (χ0n) is 15.3. The summed E-state index contributed by atoms with van der Waals surface area (Å²) in [5.74, 6) is 0. The van der Waals surface area contributed by atoms with E-state index in [-0.39, 0.29) is 39.6 Å². The van der Waals surface area contributed by atoms with Gasteiger partial charge in [-0.25, -0.2) is 0 Å². The Labute approximate surface area is 150 Å². The average molecular weight is 366 g/mol. The van der Waals surface area contributed by atoms with Crippen molar-refractivity contribution in [3.8, 4) is 0 Å². The molecular formula is C17H38N2O6. The number of nitrogens with one attached hydrogen (secondary N) is 2. The van der Waals surface area contributed by atoms with Crippen molar-refractivity contribution in [3.63, 3.8) is 0 Å². The SMILES string of the molecule is OCCC(CCO)(CCO)NCCCNC(CCO)(CCO)CCO. The molecule has 8 N–H and O–H groups in total. The first-order valence-electron chi connectivity index (χ1n) is 9.23. The Bertz CT molecular complexity index is 245. The topological polar surface area (TPSA) is 145 Å². The van der Waals surface area contributed by atoms with Gasteiger partial charge in [0.2, 0.25) is 0 Å². The van der Waals surface area contributed by atoms with Crippen LogP contribution in [0.25, 0.3) is 0 Å². The second kappa shape index (κ2) is 14.8. The second-order valence-electron chi connectivity index (χ2n) is 6.61. The van der Waals surface area contributed by atoms with Crippen molar-refractivity contribution in [3.05, 3.63) is 0 Å². The molecule has 0 saturated carbocycles. The highest BCUT2D eigenvalue weighted by Crippen LogP contribution is 2.21. The highest BCUT2D eigenvalue weighted by molar-refractivity contribution is 4.89. The number of hydrogen-bond acceptors (Lipinski definition) is 8. The van der Waals surface area contributed by atoms with E-state index in [4.69, 9.17) is 0 Å². The minimum Gasteiger partial charge on any atom is -0.396 e. The van der Waals surface area contributed by atoms with Crippen LogP contribution >= 0.6 is 0 Å².